The van der Waals surface area contributed by atoms with E-state index in [0.29, 0.717) is 18.1 Å². The Labute approximate surface area is 194 Å². The molecule has 0 spiro atoms. The van der Waals surface area contributed by atoms with E-state index in [1.54, 1.807) is 49.1 Å². The summed E-state index contributed by atoms with van der Waals surface area (Å²) in [6, 6.07) is 10.9. The number of sulfone groups is 1. The summed E-state index contributed by atoms with van der Waals surface area (Å²) in [5.74, 6) is 0.0773. The van der Waals surface area contributed by atoms with Gasteiger partial charge in [-0.3, -0.25) is 9.59 Å². The van der Waals surface area contributed by atoms with Crippen LogP contribution in [0.3, 0.4) is 0 Å². The number of hydrogen-bond donors (Lipinski definition) is 1. The molecule has 2 aromatic carbocycles. The van der Waals surface area contributed by atoms with E-state index in [1.807, 2.05) is 0 Å². The van der Waals surface area contributed by atoms with Crippen LogP contribution in [-0.2, 0) is 14.6 Å². The number of rotatable bonds is 9. The summed E-state index contributed by atoms with van der Waals surface area (Å²) in [5, 5.41) is 2.67. The zero-order valence-electron chi connectivity index (χ0n) is 19.0. The molecule has 0 radical (unpaired) electrons. The first-order valence-corrected chi connectivity index (χ1v) is 12.8. The van der Waals surface area contributed by atoms with E-state index >= 15 is 0 Å². The quantitative estimate of drug-likeness (QED) is 0.597. The molecule has 0 unspecified atom stereocenters. The van der Waals surface area contributed by atoms with Crippen molar-refractivity contribution in [2.45, 2.75) is 38.0 Å². The second-order valence-electron chi connectivity index (χ2n) is 7.68. The van der Waals surface area contributed by atoms with Crippen molar-refractivity contribution in [3.8, 4) is 11.5 Å². The fourth-order valence-electron chi connectivity index (χ4n) is 3.60. The molecule has 33 heavy (non-hydrogen) atoms. The van der Waals surface area contributed by atoms with Gasteiger partial charge in [-0.2, -0.15) is 0 Å². The van der Waals surface area contributed by atoms with Gasteiger partial charge in [0.05, 0.1) is 22.9 Å². The largest absolute Gasteiger partial charge is 0.490 e. The van der Waals surface area contributed by atoms with Crippen molar-refractivity contribution in [2.24, 2.45) is 0 Å². The summed E-state index contributed by atoms with van der Waals surface area (Å²) in [5.41, 5.74) is 0.492. The lowest BCUT2D eigenvalue weighted by Gasteiger charge is -2.26. The Morgan fingerprint density at radius 2 is 1.70 bits per heavy atom. The van der Waals surface area contributed by atoms with Gasteiger partial charge in [0.15, 0.2) is 27.9 Å². The van der Waals surface area contributed by atoms with Crippen molar-refractivity contribution in [2.75, 3.05) is 37.4 Å². The maximum Gasteiger partial charge on any atom is 0.260 e. The number of hydrogen-bond acceptors (Lipinski definition) is 6. The standard InChI is InChI=1S/C24H30N2O6S/c1-3-31-21-16-18(12-13-20(21)32-17-23(27)26-14-8-5-9-15-26)24(28)25-19-10-6-7-11-22(19)33(29,30)4-2/h6-7,10-13,16H,3-5,8-9,14-15,17H2,1-2H3,(H,25,28). The molecular formula is C24H30N2O6S. The molecule has 2 aromatic rings. The van der Waals surface area contributed by atoms with E-state index in [9.17, 15) is 18.0 Å². The second kappa shape index (κ2) is 11.2. The van der Waals surface area contributed by atoms with Gasteiger partial charge in [0.25, 0.3) is 11.8 Å². The number of amides is 2. The van der Waals surface area contributed by atoms with E-state index in [2.05, 4.69) is 5.32 Å². The number of para-hydroxylation sites is 1. The summed E-state index contributed by atoms with van der Waals surface area (Å²) in [6.07, 6.45) is 3.14. The molecule has 2 amide bonds. The molecule has 0 aliphatic carbocycles. The van der Waals surface area contributed by atoms with Crippen LogP contribution in [0.2, 0.25) is 0 Å². The first-order chi connectivity index (χ1) is 15.9. The van der Waals surface area contributed by atoms with Gasteiger partial charge in [-0.1, -0.05) is 19.1 Å². The van der Waals surface area contributed by atoms with Crippen molar-refractivity contribution in [1.82, 2.24) is 4.90 Å². The molecule has 1 fully saturated rings. The van der Waals surface area contributed by atoms with Crippen molar-refractivity contribution >= 4 is 27.3 Å². The summed E-state index contributed by atoms with van der Waals surface area (Å²) >= 11 is 0. The van der Waals surface area contributed by atoms with E-state index in [1.165, 1.54) is 12.1 Å². The van der Waals surface area contributed by atoms with Gasteiger partial charge >= 0.3 is 0 Å². The normalized spacial score (nSPS) is 13.9. The zero-order chi connectivity index (χ0) is 23.8. The molecule has 178 valence electrons. The number of piperidine rings is 1. The third-order valence-corrected chi connectivity index (χ3v) is 7.20. The molecule has 1 aliphatic rings. The minimum atomic E-state index is -3.50. The second-order valence-corrected chi connectivity index (χ2v) is 9.93. The van der Waals surface area contributed by atoms with Crippen LogP contribution in [0.5, 0.6) is 11.5 Å². The molecule has 8 nitrogen and oxygen atoms in total. The topological polar surface area (TPSA) is 102 Å². The van der Waals surface area contributed by atoms with Crippen LogP contribution in [-0.4, -0.2) is 57.2 Å². The van der Waals surface area contributed by atoms with Gasteiger partial charge in [0.1, 0.15) is 0 Å². The molecular weight excluding hydrogens is 444 g/mol. The monoisotopic (exact) mass is 474 g/mol. The molecule has 1 N–H and O–H groups in total. The first kappa shape index (κ1) is 24.6. The predicted molar refractivity (Wildman–Crippen MR) is 126 cm³/mol. The molecule has 0 aromatic heterocycles. The van der Waals surface area contributed by atoms with Crippen LogP contribution < -0.4 is 14.8 Å². The van der Waals surface area contributed by atoms with Crippen LogP contribution >= 0.6 is 0 Å². The SMILES string of the molecule is CCOc1cc(C(=O)Nc2ccccc2S(=O)(=O)CC)ccc1OCC(=O)N1CCCCC1. The summed E-state index contributed by atoms with van der Waals surface area (Å²) in [6.45, 7) is 5.09. The van der Waals surface area contributed by atoms with Crippen molar-refractivity contribution in [3.05, 3.63) is 48.0 Å². The van der Waals surface area contributed by atoms with E-state index in [4.69, 9.17) is 9.47 Å². The third-order valence-electron chi connectivity index (χ3n) is 5.42. The molecule has 0 atom stereocenters. The Morgan fingerprint density at radius 1 is 0.970 bits per heavy atom. The number of likely N-dealkylation sites (tertiary alicyclic amines) is 1. The lowest BCUT2D eigenvalue weighted by molar-refractivity contribution is -0.134. The average Bonchev–Trinajstić information content (AvgIpc) is 2.84. The molecule has 1 heterocycles. The molecule has 0 bridgehead atoms. The molecule has 3 rings (SSSR count). The summed E-state index contributed by atoms with van der Waals surface area (Å²) in [4.78, 5) is 27.1. The number of nitrogens with zero attached hydrogens (tertiary/aromatic N) is 1. The van der Waals surface area contributed by atoms with Crippen molar-refractivity contribution in [3.63, 3.8) is 0 Å². The number of benzene rings is 2. The average molecular weight is 475 g/mol. The minimum absolute atomic E-state index is 0.0714. The highest BCUT2D eigenvalue weighted by Crippen LogP contribution is 2.30. The third kappa shape index (κ3) is 6.25. The van der Waals surface area contributed by atoms with Crippen LogP contribution in [0.25, 0.3) is 0 Å². The first-order valence-electron chi connectivity index (χ1n) is 11.2. The highest BCUT2D eigenvalue weighted by molar-refractivity contribution is 7.91. The van der Waals surface area contributed by atoms with E-state index in [-0.39, 0.29) is 34.4 Å². The van der Waals surface area contributed by atoms with Gasteiger partial charge in [0, 0.05) is 18.7 Å². The van der Waals surface area contributed by atoms with Crippen molar-refractivity contribution < 1.29 is 27.5 Å². The lowest BCUT2D eigenvalue weighted by Crippen LogP contribution is -2.38. The smallest absolute Gasteiger partial charge is 0.260 e. The van der Waals surface area contributed by atoms with E-state index in [0.717, 1.165) is 32.4 Å². The number of carbonyl (C=O) groups is 2. The minimum Gasteiger partial charge on any atom is -0.490 e. The predicted octanol–water partition coefficient (Wildman–Crippen LogP) is 3.52. The van der Waals surface area contributed by atoms with Gasteiger partial charge in [0.2, 0.25) is 0 Å². The van der Waals surface area contributed by atoms with Crippen molar-refractivity contribution in [1.29, 1.82) is 0 Å². The van der Waals surface area contributed by atoms with Gasteiger partial charge in [-0.05, 0) is 56.5 Å². The fourth-order valence-corrected chi connectivity index (χ4v) is 4.65. The van der Waals surface area contributed by atoms with E-state index < -0.39 is 15.7 Å². The Kier molecular flexibility index (Phi) is 8.32. The van der Waals surface area contributed by atoms with Gasteiger partial charge in [-0.25, -0.2) is 8.42 Å². The lowest BCUT2D eigenvalue weighted by atomic mass is 10.1. The zero-order valence-corrected chi connectivity index (χ0v) is 19.8. The number of anilines is 1. The Morgan fingerprint density at radius 3 is 2.39 bits per heavy atom. The maximum absolute atomic E-state index is 12.9. The van der Waals surface area contributed by atoms with Gasteiger partial charge in [-0.15, -0.1) is 0 Å². The number of ether oxygens (including phenoxy) is 2. The highest BCUT2D eigenvalue weighted by atomic mass is 32.2. The molecule has 9 heteroatoms. The Balaban J connectivity index is 1.75. The van der Waals surface area contributed by atoms with Crippen LogP contribution in [0.4, 0.5) is 5.69 Å². The highest BCUT2D eigenvalue weighted by Gasteiger charge is 2.20. The molecule has 1 saturated heterocycles. The Hall–Kier alpha value is -3.07. The van der Waals surface area contributed by atoms with Crippen LogP contribution in [0, 0.1) is 0 Å². The molecule has 0 saturated carbocycles. The maximum atomic E-state index is 12.9. The molecule has 1 aliphatic heterocycles. The van der Waals surface area contributed by atoms with Crippen LogP contribution in [0.1, 0.15) is 43.5 Å². The van der Waals surface area contributed by atoms with Gasteiger partial charge < -0.3 is 19.7 Å². The Bertz CT molecular complexity index is 1090. The van der Waals surface area contributed by atoms with Crippen LogP contribution in [0.15, 0.2) is 47.4 Å². The summed E-state index contributed by atoms with van der Waals surface area (Å²) < 4.78 is 36.0. The number of carbonyl (C=O) groups excluding carboxylic acids is 2. The fraction of sp³-hybridized carbons (Fsp3) is 0.417. The number of nitrogens with one attached hydrogen (secondary N) is 1. The summed E-state index contributed by atoms with van der Waals surface area (Å²) in [7, 11) is -3.50.